The number of aromatic amines is 1. The van der Waals surface area contributed by atoms with E-state index in [-0.39, 0.29) is 25.0 Å². The highest BCUT2D eigenvalue weighted by molar-refractivity contribution is 7.98. The molecule has 0 radical (unpaired) electrons. The highest BCUT2D eigenvalue weighted by Crippen LogP contribution is 2.19. The summed E-state index contributed by atoms with van der Waals surface area (Å²) in [5, 5.41) is 25.2. The smallest absolute Gasteiger partial charge is 0.326 e. The van der Waals surface area contributed by atoms with Crippen LogP contribution in [0, 0.1) is 0 Å². The molecular weight excluding hydrogens is 468 g/mol. The van der Waals surface area contributed by atoms with Crippen molar-refractivity contribution in [2.75, 3.05) is 12.0 Å². The first-order valence-corrected chi connectivity index (χ1v) is 12.6. The minimum Gasteiger partial charge on any atom is -0.508 e. The minimum atomic E-state index is -1.14. The van der Waals surface area contributed by atoms with Gasteiger partial charge in [0.25, 0.3) is 0 Å². The van der Waals surface area contributed by atoms with Gasteiger partial charge < -0.3 is 31.6 Å². The van der Waals surface area contributed by atoms with E-state index in [9.17, 15) is 24.6 Å². The largest absolute Gasteiger partial charge is 0.508 e. The molecule has 0 aliphatic carbocycles. The van der Waals surface area contributed by atoms with Crippen molar-refractivity contribution in [3.8, 4) is 5.75 Å². The van der Waals surface area contributed by atoms with Gasteiger partial charge in [0.2, 0.25) is 11.8 Å². The Hall–Kier alpha value is -3.50. The van der Waals surface area contributed by atoms with Gasteiger partial charge >= 0.3 is 5.97 Å². The zero-order valence-electron chi connectivity index (χ0n) is 19.4. The van der Waals surface area contributed by atoms with Crippen LogP contribution >= 0.6 is 11.8 Å². The lowest BCUT2D eigenvalue weighted by molar-refractivity contribution is -0.142. The fraction of sp³-hybridized carbons (Fsp3) is 0.320. The molecule has 0 aliphatic heterocycles. The van der Waals surface area contributed by atoms with Crippen molar-refractivity contribution in [1.29, 1.82) is 0 Å². The molecule has 3 aromatic rings. The molecule has 0 saturated heterocycles. The van der Waals surface area contributed by atoms with Gasteiger partial charge in [-0.3, -0.25) is 9.59 Å². The molecule has 0 spiro atoms. The lowest BCUT2D eigenvalue weighted by Gasteiger charge is -2.23. The number of nitrogens with one attached hydrogen (secondary N) is 3. The Balaban J connectivity index is 1.74. The summed E-state index contributed by atoms with van der Waals surface area (Å²) in [7, 11) is 0. The van der Waals surface area contributed by atoms with E-state index in [0.29, 0.717) is 11.3 Å². The number of carbonyl (C=O) groups excluding carboxylic acids is 2. The Morgan fingerprint density at radius 2 is 1.69 bits per heavy atom. The number of carboxylic acids is 1. The van der Waals surface area contributed by atoms with Crippen LogP contribution in [0.1, 0.15) is 17.5 Å². The monoisotopic (exact) mass is 498 g/mol. The van der Waals surface area contributed by atoms with Crippen LogP contribution in [0.3, 0.4) is 0 Å². The molecule has 3 atom stereocenters. The number of aromatic nitrogens is 1. The first-order chi connectivity index (χ1) is 16.8. The van der Waals surface area contributed by atoms with E-state index < -0.39 is 35.9 Å². The third kappa shape index (κ3) is 7.24. The normalized spacial score (nSPS) is 13.7. The number of phenols is 1. The highest BCUT2D eigenvalue weighted by Gasteiger charge is 2.28. The van der Waals surface area contributed by atoms with Crippen molar-refractivity contribution < 1.29 is 24.6 Å². The number of thioether (sulfide) groups is 1. The van der Waals surface area contributed by atoms with E-state index in [1.165, 1.54) is 23.9 Å². The first kappa shape index (κ1) is 26.1. The summed E-state index contributed by atoms with van der Waals surface area (Å²) in [6, 6.07) is 10.9. The zero-order chi connectivity index (χ0) is 25.4. The molecular formula is C25H30N4O5S. The van der Waals surface area contributed by atoms with Crippen molar-refractivity contribution in [1.82, 2.24) is 15.6 Å². The Kier molecular flexibility index (Phi) is 9.16. The predicted molar refractivity (Wildman–Crippen MR) is 136 cm³/mol. The number of aromatic hydroxyl groups is 1. The van der Waals surface area contributed by atoms with Gasteiger partial charge in [-0.15, -0.1) is 0 Å². The van der Waals surface area contributed by atoms with Crippen LogP contribution in [0.4, 0.5) is 0 Å². The molecule has 0 aliphatic rings. The van der Waals surface area contributed by atoms with E-state index in [1.54, 1.807) is 12.1 Å². The van der Waals surface area contributed by atoms with E-state index in [2.05, 4.69) is 15.6 Å². The van der Waals surface area contributed by atoms with E-state index in [4.69, 9.17) is 5.73 Å². The van der Waals surface area contributed by atoms with Gasteiger partial charge in [-0.25, -0.2) is 4.79 Å². The summed E-state index contributed by atoms with van der Waals surface area (Å²) in [5.41, 5.74) is 8.69. The summed E-state index contributed by atoms with van der Waals surface area (Å²) in [6.45, 7) is 0. The zero-order valence-corrected chi connectivity index (χ0v) is 20.2. The number of phenolic OH excluding ortho intramolecular Hbond substituents is 1. The van der Waals surface area contributed by atoms with Crippen molar-refractivity contribution >= 4 is 40.4 Å². The molecule has 186 valence electrons. The van der Waals surface area contributed by atoms with Crippen LogP contribution in [0.2, 0.25) is 0 Å². The van der Waals surface area contributed by atoms with Gasteiger partial charge in [0.05, 0.1) is 6.04 Å². The molecule has 2 amide bonds. The van der Waals surface area contributed by atoms with Crippen molar-refractivity contribution in [3.63, 3.8) is 0 Å². The average molecular weight is 499 g/mol. The number of hydrogen-bond acceptors (Lipinski definition) is 6. The molecule has 1 aromatic heterocycles. The fourth-order valence-corrected chi connectivity index (χ4v) is 4.22. The van der Waals surface area contributed by atoms with Crippen molar-refractivity contribution in [2.45, 2.75) is 37.4 Å². The van der Waals surface area contributed by atoms with Gasteiger partial charge in [-0.05, 0) is 54.2 Å². The molecule has 9 nitrogen and oxygen atoms in total. The van der Waals surface area contributed by atoms with E-state index >= 15 is 0 Å². The summed E-state index contributed by atoms with van der Waals surface area (Å²) >= 11 is 1.48. The highest BCUT2D eigenvalue weighted by atomic mass is 32.2. The maximum Gasteiger partial charge on any atom is 0.326 e. The molecule has 1 heterocycles. The van der Waals surface area contributed by atoms with Crippen molar-refractivity contribution in [3.05, 3.63) is 65.9 Å². The Labute approximate surface area is 207 Å². The second-order valence-electron chi connectivity index (χ2n) is 8.28. The maximum atomic E-state index is 13.1. The number of H-pyrrole nitrogens is 1. The lowest BCUT2D eigenvalue weighted by Crippen LogP contribution is -2.55. The number of aliphatic carboxylic acids is 1. The summed E-state index contributed by atoms with van der Waals surface area (Å²) < 4.78 is 0. The number of rotatable bonds is 12. The van der Waals surface area contributed by atoms with Gasteiger partial charge in [-0.2, -0.15) is 11.8 Å². The number of para-hydroxylation sites is 1. The number of hydrogen-bond donors (Lipinski definition) is 6. The quantitative estimate of drug-likeness (QED) is 0.222. The van der Waals surface area contributed by atoms with Gasteiger partial charge in [0.1, 0.15) is 17.8 Å². The molecule has 3 rings (SSSR count). The van der Waals surface area contributed by atoms with Crippen LogP contribution < -0.4 is 16.4 Å². The molecule has 3 unspecified atom stereocenters. The van der Waals surface area contributed by atoms with Crippen molar-refractivity contribution in [2.24, 2.45) is 5.73 Å². The number of carboxylic acid groups (broad SMARTS) is 1. The van der Waals surface area contributed by atoms with Crippen LogP contribution in [0.15, 0.2) is 54.7 Å². The second kappa shape index (κ2) is 12.3. The van der Waals surface area contributed by atoms with Gasteiger partial charge in [-0.1, -0.05) is 30.3 Å². The second-order valence-corrected chi connectivity index (χ2v) is 9.27. The number of nitrogens with two attached hydrogens (primary N) is 1. The van der Waals surface area contributed by atoms with Gasteiger partial charge in [0.15, 0.2) is 0 Å². The predicted octanol–water partition coefficient (Wildman–Crippen LogP) is 1.79. The molecule has 10 heteroatoms. The Morgan fingerprint density at radius 3 is 2.37 bits per heavy atom. The molecule has 0 fully saturated rings. The number of fused-ring (bicyclic) bond motifs is 1. The van der Waals surface area contributed by atoms with Gasteiger partial charge in [0, 0.05) is 23.5 Å². The Bertz CT molecular complexity index is 1160. The molecule has 0 bridgehead atoms. The SMILES string of the molecule is CSCCC(NC(=O)C(Cc1ccc(O)cc1)NC(=O)C(N)Cc1c[nH]c2ccccc12)C(=O)O. The standard InChI is InChI=1S/C25H30N4O5S/c1-35-11-10-21(25(33)34)28-24(32)22(12-15-6-8-17(30)9-7-15)29-23(31)19(26)13-16-14-27-20-5-3-2-4-18(16)20/h2-9,14,19,21-22,27,30H,10-13,26H2,1H3,(H,28,32)(H,29,31)(H,33,34). The van der Waals surface area contributed by atoms with Crippen LogP contribution in [-0.2, 0) is 27.2 Å². The Morgan fingerprint density at radius 1 is 1.00 bits per heavy atom. The average Bonchev–Trinajstić information content (AvgIpc) is 3.25. The van der Waals surface area contributed by atoms with Crippen LogP contribution in [0.5, 0.6) is 5.75 Å². The molecule has 35 heavy (non-hydrogen) atoms. The van der Waals surface area contributed by atoms with E-state index in [1.807, 2.05) is 36.7 Å². The summed E-state index contributed by atoms with van der Waals surface area (Å²) in [4.78, 5) is 40.8. The topological polar surface area (TPSA) is 158 Å². The first-order valence-electron chi connectivity index (χ1n) is 11.2. The fourth-order valence-electron chi connectivity index (χ4n) is 3.75. The van der Waals surface area contributed by atoms with Crippen LogP contribution in [-0.4, -0.2) is 63.1 Å². The summed E-state index contributed by atoms with van der Waals surface area (Å²) in [5.74, 6) is -1.65. The third-order valence-corrected chi connectivity index (χ3v) is 6.33. The number of benzene rings is 2. The number of carbonyl (C=O) groups is 3. The minimum absolute atomic E-state index is 0.0718. The molecule has 7 N–H and O–H groups in total. The molecule has 0 saturated carbocycles. The summed E-state index contributed by atoms with van der Waals surface area (Å²) in [6.07, 6.45) is 4.27. The van der Waals surface area contributed by atoms with E-state index in [0.717, 1.165) is 16.5 Å². The number of amides is 2. The lowest BCUT2D eigenvalue weighted by atomic mass is 10.0. The molecule has 2 aromatic carbocycles. The van der Waals surface area contributed by atoms with Crippen LogP contribution in [0.25, 0.3) is 10.9 Å². The third-order valence-electron chi connectivity index (χ3n) is 5.69. The maximum absolute atomic E-state index is 13.1.